The van der Waals surface area contributed by atoms with E-state index < -0.39 is 5.60 Å². The Kier molecular flexibility index (Phi) is 5.33. The number of aromatic nitrogens is 2. The van der Waals surface area contributed by atoms with Gasteiger partial charge in [0.25, 0.3) is 0 Å². The van der Waals surface area contributed by atoms with Crippen LogP contribution < -0.4 is 10.6 Å². The summed E-state index contributed by atoms with van der Waals surface area (Å²) >= 11 is 1.60. The van der Waals surface area contributed by atoms with Crippen LogP contribution in [0, 0.1) is 13.8 Å². The standard InChI is InChI=1S/C18H25N5O2S/c1-5-19-16(20-9-14-10-23-6-7-26-17(23)22-14)21-11-18(4,24)15-8-12(2)25-13(15)3/h6-8,10,24H,5,9,11H2,1-4H3,(H2,19,20,21). The molecule has 3 heterocycles. The molecule has 1 atom stereocenters. The first-order chi connectivity index (χ1) is 12.4. The molecule has 0 aliphatic heterocycles. The zero-order valence-electron chi connectivity index (χ0n) is 15.5. The van der Waals surface area contributed by atoms with Gasteiger partial charge in [0, 0.05) is 29.9 Å². The second-order valence-electron chi connectivity index (χ2n) is 6.47. The predicted molar refractivity (Wildman–Crippen MR) is 104 cm³/mol. The third kappa shape index (κ3) is 4.08. The number of aryl methyl sites for hydroxylation is 2. The van der Waals surface area contributed by atoms with E-state index in [-0.39, 0.29) is 0 Å². The molecular weight excluding hydrogens is 350 g/mol. The van der Waals surface area contributed by atoms with Gasteiger partial charge in [-0.2, -0.15) is 0 Å². The van der Waals surface area contributed by atoms with Gasteiger partial charge >= 0.3 is 0 Å². The predicted octanol–water partition coefficient (Wildman–Crippen LogP) is 2.57. The van der Waals surface area contributed by atoms with Crippen LogP contribution in [0.3, 0.4) is 0 Å². The molecule has 8 heteroatoms. The van der Waals surface area contributed by atoms with E-state index in [0.717, 1.165) is 34.3 Å². The molecule has 0 aromatic carbocycles. The SMILES string of the molecule is CCNC(=NCc1cn2ccsc2n1)NCC(C)(O)c1cc(C)oc1C. The maximum atomic E-state index is 10.8. The van der Waals surface area contributed by atoms with Gasteiger partial charge in [0.2, 0.25) is 0 Å². The molecular formula is C18H25N5O2S. The van der Waals surface area contributed by atoms with Gasteiger partial charge in [-0.05, 0) is 33.8 Å². The lowest BCUT2D eigenvalue weighted by atomic mass is 9.96. The average molecular weight is 375 g/mol. The number of aliphatic imine (C=N–C) groups is 1. The second-order valence-corrected chi connectivity index (χ2v) is 7.35. The monoisotopic (exact) mass is 375 g/mol. The van der Waals surface area contributed by atoms with Crippen LogP contribution >= 0.6 is 11.3 Å². The van der Waals surface area contributed by atoms with Crippen molar-refractivity contribution in [3.05, 3.63) is 46.6 Å². The van der Waals surface area contributed by atoms with Crippen LogP contribution in [-0.2, 0) is 12.1 Å². The number of nitrogens with zero attached hydrogens (tertiary/aromatic N) is 3. The normalized spacial score (nSPS) is 14.6. The third-order valence-electron chi connectivity index (χ3n) is 4.11. The number of furan rings is 1. The number of hydrogen-bond acceptors (Lipinski definition) is 5. The smallest absolute Gasteiger partial charge is 0.193 e. The Bertz CT molecular complexity index is 877. The summed E-state index contributed by atoms with van der Waals surface area (Å²) in [5.74, 6) is 2.16. The second kappa shape index (κ2) is 7.51. The number of hydrogen-bond donors (Lipinski definition) is 3. The molecule has 0 bridgehead atoms. The molecule has 0 aliphatic carbocycles. The largest absolute Gasteiger partial charge is 0.466 e. The van der Waals surface area contributed by atoms with Crippen molar-refractivity contribution < 1.29 is 9.52 Å². The lowest BCUT2D eigenvalue weighted by molar-refractivity contribution is 0.0601. The van der Waals surface area contributed by atoms with E-state index in [1.807, 2.05) is 49.0 Å². The number of rotatable bonds is 6. The Morgan fingerprint density at radius 3 is 2.88 bits per heavy atom. The van der Waals surface area contributed by atoms with Crippen molar-refractivity contribution in [1.82, 2.24) is 20.0 Å². The van der Waals surface area contributed by atoms with E-state index in [0.29, 0.717) is 19.0 Å². The number of imidazole rings is 1. The van der Waals surface area contributed by atoms with Gasteiger partial charge in [0.05, 0.1) is 18.8 Å². The van der Waals surface area contributed by atoms with Crippen molar-refractivity contribution in [1.29, 1.82) is 0 Å². The molecule has 0 aliphatic rings. The molecule has 0 saturated heterocycles. The Morgan fingerprint density at radius 1 is 1.42 bits per heavy atom. The minimum Gasteiger partial charge on any atom is -0.466 e. The van der Waals surface area contributed by atoms with Crippen molar-refractivity contribution in [2.75, 3.05) is 13.1 Å². The number of nitrogens with one attached hydrogen (secondary N) is 2. The quantitative estimate of drug-likeness (QED) is 0.455. The van der Waals surface area contributed by atoms with Crippen LogP contribution in [0.4, 0.5) is 0 Å². The fraction of sp³-hybridized carbons (Fsp3) is 0.444. The summed E-state index contributed by atoms with van der Waals surface area (Å²) in [4.78, 5) is 10.1. The summed E-state index contributed by atoms with van der Waals surface area (Å²) < 4.78 is 7.53. The van der Waals surface area contributed by atoms with E-state index in [4.69, 9.17) is 4.42 Å². The van der Waals surface area contributed by atoms with Gasteiger partial charge in [-0.1, -0.05) is 0 Å². The summed E-state index contributed by atoms with van der Waals surface area (Å²) in [6, 6.07) is 1.87. The molecule has 3 rings (SSSR count). The number of guanidine groups is 1. The number of thiazole rings is 1. The summed E-state index contributed by atoms with van der Waals surface area (Å²) in [5, 5.41) is 19.2. The zero-order chi connectivity index (χ0) is 18.7. The number of aliphatic hydroxyl groups is 1. The Hall–Kier alpha value is -2.32. The molecule has 26 heavy (non-hydrogen) atoms. The van der Waals surface area contributed by atoms with Crippen LogP contribution in [-0.4, -0.2) is 33.5 Å². The van der Waals surface area contributed by atoms with Crippen LogP contribution in [0.1, 0.15) is 36.6 Å². The molecule has 1 unspecified atom stereocenters. The number of fused-ring (bicyclic) bond motifs is 1. The van der Waals surface area contributed by atoms with Gasteiger partial charge < -0.3 is 20.2 Å². The van der Waals surface area contributed by atoms with E-state index in [9.17, 15) is 5.11 Å². The summed E-state index contributed by atoms with van der Waals surface area (Å²) in [7, 11) is 0. The summed E-state index contributed by atoms with van der Waals surface area (Å²) in [6.45, 7) is 9.03. The van der Waals surface area contributed by atoms with Crippen molar-refractivity contribution in [3.8, 4) is 0 Å². The Morgan fingerprint density at radius 2 is 2.23 bits per heavy atom. The molecule has 0 amide bonds. The van der Waals surface area contributed by atoms with Gasteiger partial charge in [0.15, 0.2) is 10.9 Å². The topological polar surface area (TPSA) is 87.1 Å². The van der Waals surface area contributed by atoms with Gasteiger partial charge in [-0.3, -0.25) is 4.40 Å². The molecule has 0 spiro atoms. The minimum atomic E-state index is -1.06. The molecule has 3 aromatic heterocycles. The van der Waals surface area contributed by atoms with E-state index in [1.54, 1.807) is 18.3 Å². The fourth-order valence-electron chi connectivity index (χ4n) is 2.87. The molecule has 3 N–H and O–H groups in total. The summed E-state index contributed by atoms with van der Waals surface area (Å²) in [5.41, 5.74) is 0.629. The van der Waals surface area contributed by atoms with Crippen molar-refractivity contribution in [3.63, 3.8) is 0 Å². The minimum absolute atomic E-state index is 0.316. The van der Waals surface area contributed by atoms with Crippen LogP contribution in [0.25, 0.3) is 4.96 Å². The van der Waals surface area contributed by atoms with Gasteiger partial charge in [0.1, 0.15) is 17.1 Å². The highest BCUT2D eigenvalue weighted by Gasteiger charge is 2.27. The molecule has 140 valence electrons. The first-order valence-electron chi connectivity index (χ1n) is 8.62. The fourth-order valence-corrected chi connectivity index (χ4v) is 3.59. The maximum Gasteiger partial charge on any atom is 0.193 e. The van der Waals surface area contributed by atoms with Crippen molar-refractivity contribution >= 4 is 22.3 Å². The first-order valence-corrected chi connectivity index (χ1v) is 9.50. The molecule has 0 fully saturated rings. The van der Waals surface area contributed by atoms with Gasteiger partial charge in [-0.25, -0.2) is 9.98 Å². The zero-order valence-corrected chi connectivity index (χ0v) is 16.4. The van der Waals surface area contributed by atoms with Crippen LogP contribution in [0.5, 0.6) is 0 Å². The lowest BCUT2D eigenvalue weighted by Gasteiger charge is -2.24. The highest BCUT2D eigenvalue weighted by Crippen LogP contribution is 2.26. The van der Waals surface area contributed by atoms with E-state index >= 15 is 0 Å². The maximum absolute atomic E-state index is 10.8. The first kappa shape index (κ1) is 18.5. The molecule has 3 aromatic rings. The lowest BCUT2D eigenvalue weighted by Crippen LogP contribution is -2.44. The summed E-state index contributed by atoms with van der Waals surface area (Å²) in [6.07, 6.45) is 3.96. The Balaban J connectivity index is 1.67. The van der Waals surface area contributed by atoms with Crippen LogP contribution in [0.15, 0.2) is 33.2 Å². The molecule has 7 nitrogen and oxygen atoms in total. The van der Waals surface area contributed by atoms with E-state index in [2.05, 4.69) is 20.6 Å². The average Bonchev–Trinajstić information content (AvgIpc) is 3.24. The van der Waals surface area contributed by atoms with Crippen molar-refractivity contribution in [2.24, 2.45) is 4.99 Å². The highest BCUT2D eigenvalue weighted by atomic mass is 32.1. The molecule has 0 saturated carbocycles. The van der Waals surface area contributed by atoms with Crippen LogP contribution in [0.2, 0.25) is 0 Å². The van der Waals surface area contributed by atoms with E-state index in [1.165, 1.54) is 0 Å². The third-order valence-corrected chi connectivity index (χ3v) is 4.88. The Labute approximate surface area is 156 Å². The highest BCUT2D eigenvalue weighted by molar-refractivity contribution is 7.15. The van der Waals surface area contributed by atoms with Gasteiger partial charge in [-0.15, -0.1) is 11.3 Å². The van der Waals surface area contributed by atoms with Crippen molar-refractivity contribution in [2.45, 2.75) is 39.8 Å². The molecule has 0 radical (unpaired) electrons.